The lowest BCUT2D eigenvalue weighted by molar-refractivity contribution is -0.571. The van der Waals surface area contributed by atoms with Gasteiger partial charge >= 0.3 is 6.23 Å². The molecule has 1 fully saturated rings. The van der Waals surface area contributed by atoms with Crippen LogP contribution in [0.25, 0.3) is 0 Å². The molecular weight excluding hydrogens is 394 g/mol. The second-order valence-electron chi connectivity index (χ2n) is 7.52. The topological polar surface area (TPSA) is 77.2 Å². The van der Waals surface area contributed by atoms with Crippen LogP contribution in [-0.2, 0) is 9.47 Å². The van der Waals surface area contributed by atoms with Gasteiger partial charge in [-0.1, -0.05) is 66.7 Å². The van der Waals surface area contributed by atoms with Crippen molar-refractivity contribution >= 4 is 11.6 Å². The maximum absolute atomic E-state index is 11.6. The maximum atomic E-state index is 11.6. The molecule has 3 aromatic carbocycles. The Labute approximate surface area is 179 Å². The van der Waals surface area contributed by atoms with Crippen LogP contribution in [0.15, 0.2) is 89.9 Å². The summed E-state index contributed by atoms with van der Waals surface area (Å²) >= 11 is 0. The molecule has 0 N–H and O–H groups in total. The Morgan fingerprint density at radius 2 is 1.65 bits per heavy atom. The molecule has 0 spiro atoms. The minimum absolute atomic E-state index is 0.0362. The first-order valence-electron chi connectivity index (χ1n) is 10.1. The summed E-state index contributed by atoms with van der Waals surface area (Å²) < 4.78 is 11.4. The molecule has 7 nitrogen and oxygen atoms in total. The quantitative estimate of drug-likeness (QED) is 0.458. The Bertz CT molecular complexity index is 1100. The highest BCUT2D eigenvalue weighted by molar-refractivity contribution is 5.96. The number of hydrogen-bond acceptors (Lipinski definition) is 6. The van der Waals surface area contributed by atoms with Gasteiger partial charge in [0.05, 0.1) is 4.92 Å². The van der Waals surface area contributed by atoms with Crippen LogP contribution >= 0.6 is 0 Å². The van der Waals surface area contributed by atoms with Crippen molar-refractivity contribution in [2.24, 2.45) is 4.99 Å². The van der Waals surface area contributed by atoms with Crippen LogP contribution in [0.3, 0.4) is 0 Å². The summed E-state index contributed by atoms with van der Waals surface area (Å²) in [6.07, 6.45) is -1.13. The molecule has 0 aromatic heterocycles. The molecule has 0 aliphatic carbocycles. The zero-order chi connectivity index (χ0) is 21.2. The van der Waals surface area contributed by atoms with Crippen molar-refractivity contribution in [1.82, 2.24) is 0 Å². The predicted octanol–water partition coefficient (Wildman–Crippen LogP) is 4.34. The lowest BCUT2D eigenvalue weighted by Crippen LogP contribution is -2.31. The summed E-state index contributed by atoms with van der Waals surface area (Å²) in [5, 5.41) is 11.6. The molecule has 0 radical (unpaired) electrons. The van der Waals surface area contributed by atoms with Crippen LogP contribution in [0.1, 0.15) is 28.8 Å². The van der Waals surface area contributed by atoms with E-state index in [0.717, 1.165) is 22.4 Å². The SMILES string of the molecule is O=[N+]([O-])C1OCN(c2cccc(C3=N[C@H](c4ccccc4)CO3)c2)C1c1ccccc1. The number of hydrogen-bond donors (Lipinski definition) is 0. The fourth-order valence-electron chi connectivity index (χ4n) is 4.08. The highest BCUT2D eigenvalue weighted by atomic mass is 16.7. The second kappa shape index (κ2) is 8.20. The zero-order valence-electron chi connectivity index (χ0n) is 16.7. The van der Waals surface area contributed by atoms with E-state index in [0.29, 0.717) is 12.5 Å². The van der Waals surface area contributed by atoms with E-state index in [2.05, 4.69) is 0 Å². The lowest BCUT2D eigenvalue weighted by atomic mass is 10.0. The number of ether oxygens (including phenoxy) is 2. The molecule has 0 bridgehead atoms. The molecule has 31 heavy (non-hydrogen) atoms. The highest BCUT2D eigenvalue weighted by Crippen LogP contribution is 2.37. The molecule has 3 aromatic rings. The van der Waals surface area contributed by atoms with Gasteiger partial charge in [0.1, 0.15) is 19.4 Å². The minimum atomic E-state index is -1.13. The summed E-state index contributed by atoms with van der Waals surface area (Å²) in [4.78, 5) is 17.9. The van der Waals surface area contributed by atoms with Crippen molar-refractivity contribution in [3.8, 4) is 0 Å². The first-order valence-corrected chi connectivity index (χ1v) is 10.1. The third-order valence-electron chi connectivity index (χ3n) is 5.60. The highest BCUT2D eigenvalue weighted by Gasteiger charge is 2.44. The second-order valence-corrected chi connectivity index (χ2v) is 7.52. The number of aliphatic imine (C=N–C) groups is 1. The number of nitrogens with zero attached hydrogens (tertiary/aromatic N) is 3. The fraction of sp³-hybridized carbons (Fsp3) is 0.208. The Kier molecular flexibility index (Phi) is 5.09. The summed E-state index contributed by atoms with van der Waals surface area (Å²) in [5.74, 6) is 0.581. The van der Waals surface area contributed by atoms with Crippen molar-refractivity contribution in [2.75, 3.05) is 18.2 Å². The van der Waals surface area contributed by atoms with E-state index in [1.807, 2.05) is 89.8 Å². The first kappa shape index (κ1) is 19.3. The third-order valence-corrected chi connectivity index (χ3v) is 5.60. The van der Waals surface area contributed by atoms with Gasteiger partial charge in [-0.25, -0.2) is 4.99 Å². The van der Waals surface area contributed by atoms with Gasteiger partial charge in [-0.2, -0.15) is 0 Å². The lowest BCUT2D eigenvalue weighted by Gasteiger charge is -2.25. The van der Waals surface area contributed by atoms with E-state index >= 15 is 0 Å². The van der Waals surface area contributed by atoms with Gasteiger partial charge < -0.3 is 9.64 Å². The van der Waals surface area contributed by atoms with Crippen LogP contribution in [0.4, 0.5) is 5.69 Å². The Balaban J connectivity index is 1.45. The average molecular weight is 415 g/mol. The minimum Gasteiger partial charge on any atom is -0.475 e. The monoisotopic (exact) mass is 415 g/mol. The number of benzene rings is 3. The van der Waals surface area contributed by atoms with E-state index in [1.165, 1.54) is 0 Å². The van der Waals surface area contributed by atoms with Crippen LogP contribution in [0, 0.1) is 10.1 Å². The van der Waals surface area contributed by atoms with Gasteiger partial charge in [0, 0.05) is 11.3 Å². The van der Waals surface area contributed by atoms with E-state index < -0.39 is 12.3 Å². The molecule has 3 atom stereocenters. The molecule has 2 aliphatic heterocycles. The van der Waals surface area contributed by atoms with Gasteiger partial charge in [-0.3, -0.25) is 14.9 Å². The maximum Gasteiger partial charge on any atom is 0.341 e. The van der Waals surface area contributed by atoms with Crippen molar-refractivity contribution < 1.29 is 14.4 Å². The summed E-state index contributed by atoms with van der Waals surface area (Å²) in [6, 6.07) is 26.7. The van der Waals surface area contributed by atoms with E-state index in [4.69, 9.17) is 14.5 Å². The molecule has 2 aliphatic rings. The smallest absolute Gasteiger partial charge is 0.341 e. The average Bonchev–Trinajstić information content (AvgIpc) is 3.48. The summed E-state index contributed by atoms with van der Waals surface area (Å²) in [5.41, 5.74) is 3.61. The molecule has 2 heterocycles. The van der Waals surface area contributed by atoms with Crippen molar-refractivity contribution in [3.63, 3.8) is 0 Å². The van der Waals surface area contributed by atoms with Gasteiger partial charge in [0.15, 0.2) is 6.04 Å². The van der Waals surface area contributed by atoms with E-state index in [1.54, 1.807) is 0 Å². The molecule has 156 valence electrons. The Hall–Kier alpha value is -3.71. The van der Waals surface area contributed by atoms with E-state index in [-0.39, 0.29) is 17.7 Å². The summed E-state index contributed by atoms with van der Waals surface area (Å²) in [7, 11) is 0. The predicted molar refractivity (Wildman–Crippen MR) is 117 cm³/mol. The molecule has 5 rings (SSSR count). The van der Waals surface area contributed by atoms with Gasteiger partial charge in [-0.15, -0.1) is 0 Å². The van der Waals surface area contributed by atoms with Crippen LogP contribution < -0.4 is 4.90 Å². The van der Waals surface area contributed by atoms with Gasteiger partial charge in [0.25, 0.3) is 0 Å². The van der Waals surface area contributed by atoms with Crippen LogP contribution in [0.5, 0.6) is 0 Å². The molecule has 7 heteroatoms. The van der Waals surface area contributed by atoms with Crippen molar-refractivity contribution in [1.29, 1.82) is 0 Å². The summed E-state index contributed by atoms with van der Waals surface area (Å²) in [6.45, 7) is 0.626. The third kappa shape index (κ3) is 3.75. The van der Waals surface area contributed by atoms with Gasteiger partial charge in [0.2, 0.25) is 5.90 Å². The normalized spacial score (nSPS) is 22.8. The van der Waals surface area contributed by atoms with Crippen molar-refractivity contribution in [3.05, 3.63) is 112 Å². The molecule has 2 unspecified atom stereocenters. The Morgan fingerprint density at radius 1 is 0.935 bits per heavy atom. The van der Waals surface area contributed by atoms with Gasteiger partial charge in [-0.05, 0) is 29.3 Å². The number of anilines is 1. The molecule has 0 amide bonds. The molecule has 0 saturated carbocycles. The standard InChI is InChI=1S/C24H21N3O4/c28-27(29)24-22(18-10-5-2-6-11-18)26(16-31-24)20-13-7-12-19(14-20)23-25-21(15-30-23)17-8-3-1-4-9-17/h1-14,21-22,24H,15-16H2/t21-,22?,24?/m0/s1. The zero-order valence-corrected chi connectivity index (χ0v) is 16.7. The molecule has 1 saturated heterocycles. The van der Waals surface area contributed by atoms with Crippen LogP contribution in [-0.4, -0.2) is 30.4 Å². The number of rotatable bonds is 5. The van der Waals surface area contributed by atoms with E-state index in [9.17, 15) is 10.1 Å². The first-order chi connectivity index (χ1) is 15.2. The molecular formula is C24H21N3O4. The Morgan fingerprint density at radius 3 is 2.35 bits per heavy atom. The fourth-order valence-corrected chi connectivity index (χ4v) is 4.08. The van der Waals surface area contributed by atoms with Crippen LogP contribution in [0.2, 0.25) is 0 Å². The number of nitro groups is 1. The van der Waals surface area contributed by atoms with Crippen molar-refractivity contribution in [2.45, 2.75) is 18.3 Å². The largest absolute Gasteiger partial charge is 0.475 e.